The van der Waals surface area contributed by atoms with E-state index in [-0.39, 0.29) is 5.92 Å². The molecule has 0 amide bonds. The molecule has 4 heteroatoms. The van der Waals surface area contributed by atoms with Crippen LogP contribution in [0.15, 0.2) is 54.6 Å². The number of rotatable bonds is 3. The van der Waals surface area contributed by atoms with Gasteiger partial charge in [0.25, 0.3) is 0 Å². The van der Waals surface area contributed by atoms with Gasteiger partial charge in [0.15, 0.2) is 0 Å². The van der Waals surface area contributed by atoms with Crippen molar-refractivity contribution in [3.8, 4) is 0 Å². The summed E-state index contributed by atoms with van der Waals surface area (Å²) in [5.74, 6) is 0.607. The van der Waals surface area contributed by atoms with E-state index in [0.717, 1.165) is 31.5 Å². The van der Waals surface area contributed by atoms with E-state index in [9.17, 15) is 13.2 Å². The molecule has 1 fully saturated rings. The summed E-state index contributed by atoms with van der Waals surface area (Å²) in [5, 5.41) is 3.35. The smallest absolute Gasteiger partial charge is 0.317 e. The van der Waals surface area contributed by atoms with Crippen LogP contribution < -0.4 is 5.32 Å². The van der Waals surface area contributed by atoms with Crippen molar-refractivity contribution < 1.29 is 13.2 Å². The molecular weight excluding hydrogens is 299 g/mol. The molecule has 0 radical (unpaired) electrons. The highest BCUT2D eigenvalue weighted by atomic mass is 19.4. The third kappa shape index (κ3) is 3.75. The molecule has 2 aromatic carbocycles. The summed E-state index contributed by atoms with van der Waals surface area (Å²) in [7, 11) is 0. The number of nitrogens with one attached hydrogen (secondary N) is 1. The van der Waals surface area contributed by atoms with Crippen LogP contribution in [0.2, 0.25) is 0 Å². The Bertz CT molecular complexity index is 613. The van der Waals surface area contributed by atoms with Crippen LogP contribution in [0.25, 0.3) is 0 Å². The van der Waals surface area contributed by atoms with E-state index in [2.05, 4.69) is 17.4 Å². The van der Waals surface area contributed by atoms with Gasteiger partial charge in [0.05, 0.1) is 5.56 Å². The van der Waals surface area contributed by atoms with Crippen LogP contribution in [0.1, 0.15) is 35.4 Å². The summed E-state index contributed by atoms with van der Waals surface area (Å²) < 4.78 is 38.4. The molecular formula is C19H20F3N. The number of benzene rings is 2. The lowest BCUT2D eigenvalue weighted by Crippen LogP contribution is -2.31. The number of halogens is 3. The van der Waals surface area contributed by atoms with Gasteiger partial charge in [0, 0.05) is 5.92 Å². The number of hydrogen-bond donors (Lipinski definition) is 1. The molecule has 2 aromatic rings. The van der Waals surface area contributed by atoms with Gasteiger partial charge in [-0.2, -0.15) is 13.2 Å². The maximum atomic E-state index is 12.8. The van der Waals surface area contributed by atoms with Crippen LogP contribution in [0.5, 0.6) is 0 Å². The predicted molar refractivity (Wildman–Crippen MR) is 85.3 cm³/mol. The molecule has 1 nitrogen and oxygen atoms in total. The van der Waals surface area contributed by atoms with Gasteiger partial charge in [-0.1, -0.05) is 42.5 Å². The zero-order valence-corrected chi connectivity index (χ0v) is 12.8. The van der Waals surface area contributed by atoms with Crippen molar-refractivity contribution in [2.45, 2.75) is 24.9 Å². The predicted octanol–water partition coefficient (Wildman–Crippen LogP) is 4.84. The zero-order valence-electron chi connectivity index (χ0n) is 12.8. The van der Waals surface area contributed by atoms with Gasteiger partial charge in [0.2, 0.25) is 0 Å². The first-order valence-corrected chi connectivity index (χ1v) is 7.98. The third-order valence-electron chi connectivity index (χ3n) is 4.61. The van der Waals surface area contributed by atoms with Crippen molar-refractivity contribution in [1.82, 2.24) is 5.32 Å². The molecule has 122 valence electrons. The quantitative estimate of drug-likeness (QED) is 0.854. The second kappa shape index (κ2) is 6.75. The van der Waals surface area contributed by atoms with Gasteiger partial charge in [0.1, 0.15) is 0 Å². The van der Waals surface area contributed by atoms with E-state index in [1.807, 2.05) is 18.2 Å². The lowest BCUT2D eigenvalue weighted by molar-refractivity contribution is -0.137. The minimum absolute atomic E-state index is 0.153. The molecule has 3 rings (SSSR count). The number of piperidine rings is 1. The fraction of sp³-hybridized carbons (Fsp3) is 0.368. The summed E-state index contributed by atoms with van der Waals surface area (Å²) in [5.41, 5.74) is 1.56. The lowest BCUT2D eigenvalue weighted by Gasteiger charge is -2.31. The molecule has 1 unspecified atom stereocenters. The normalized spacial score (nSPS) is 17.9. The second-order valence-corrected chi connectivity index (χ2v) is 6.10. The summed E-state index contributed by atoms with van der Waals surface area (Å²) in [4.78, 5) is 0. The fourth-order valence-electron chi connectivity index (χ4n) is 3.45. The molecule has 1 saturated heterocycles. The van der Waals surface area contributed by atoms with E-state index in [4.69, 9.17) is 0 Å². The van der Waals surface area contributed by atoms with Crippen molar-refractivity contribution >= 4 is 0 Å². The molecule has 23 heavy (non-hydrogen) atoms. The standard InChI is InChI=1S/C19H20F3N/c20-19(21,22)17-8-6-15(7-9-17)18(14-4-2-1-3-5-14)16-10-12-23-13-11-16/h1-9,16,18,23H,10-13H2. The zero-order chi connectivity index (χ0) is 16.3. The average Bonchev–Trinajstić information content (AvgIpc) is 2.57. The Morgan fingerprint density at radius 3 is 1.96 bits per heavy atom. The Morgan fingerprint density at radius 1 is 0.826 bits per heavy atom. The second-order valence-electron chi connectivity index (χ2n) is 6.10. The molecule has 0 aromatic heterocycles. The van der Waals surface area contributed by atoms with Crippen LogP contribution >= 0.6 is 0 Å². The van der Waals surface area contributed by atoms with Crippen molar-refractivity contribution in [2.75, 3.05) is 13.1 Å². The first-order chi connectivity index (χ1) is 11.1. The molecule has 1 atom stereocenters. The topological polar surface area (TPSA) is 12.0 Å². The summed E-state index contributed by atoms with van der Waals surface area (Å²) in [6.07, 6.45) is -2.20. The van der Waals surface area contributed by atoms with E-state index in [1.54, 1.807) is 12.1 Å². The van der Waals surface area contributed by atoms with Gasteiger partial charge in [-0.05, 0) is 55.1 Å². The molecule has 1 aliphatic rings. The van der Waals surface area contributed by atoms with E-state index in [1.165, 1.54) is 17.7 Å². The summed E-state index contributed by atoms with van der Waals surface area (Å²) in [6, 6.07) is 15.8. The maximum Gasteiger partial charge on any atom is 0.416 e. The van der Waals surface area contributed by atoms with Gasteiger partial charge in [-0.15, -0.1) is 0 Å². The summed E-state index contributed by atoms with van der Waals surface area (Å²) >= 11 is 0. The molecule has 0 spiro atoms. The van der Waals surface area contributed by atoms with Crippen molar-refractivity contribution in [3.63, 3.8) is 0 Å². The Hall–Kier alpha value is -1.81. The minimum atomic E-state index is -4.28. The van der Waals surface area contributed by atoms with Crippen LogP contribution in [-0.4, -0.2) is 13.1 Å². The van der Waals surface area contributed by atoms with Crippen molar-refractivity contribution in [3.05, 3.63) is 71.3 Å². The van der Waals surface area contributed by atoms with Gasteiger partial charge in [-0.3, -0.25) is 0 Å². The Labute approximate surface area is 134 Å². The van der Waals surface area contributed by atoms with Crippen LogP contribution in [0.3, 0.4) is 0 Å². The molecule has 1 aliphatic heterocycles. The monoisotopic (exact) mass is 319 g/mol. The van der Waals surface area contributed by atoms with E-state index < -0.39 is 11.7 Å². The van der Waals surface area contributed by atoms with Crippen LogP contribution in [0.4, 0.5) is 13.2 Å². The summed E-state index contributed by atoms with van der Waals surface area (Å²) in [6.45, 7) is 1.93. The van der Waals surface area contributed by atoms with Gasteiger partial charge >= 0.3 is 6.18 Å². The highest BCUT2D eigenvalue weighted by Crippen LogP contribution is 2.38. The first-order valence-electron chi connectivity index (χ1n) is 7.98. The van der Waals surface area contributed by atoms with Gasteiger partial charge in [-0.25, -0.2) is 0 Å². The molecule has 0 saturated carbocycles. The minimum Gasteiger partial charge on any atom is -0.317 e. The Balaban J connectivity index is 1.94. The van der Waals surface area contributed by atoms with Crippen molar-refractivity contribution in [1.29, 1.82) is 0 Å². The maximum absolute atomic E-state index is 12.8. The molecule has 1 heterocycles. The Kier molecular flexibility index (Phi) is 4.71. The van der Waals surface area contributed by atoms with Crippen LogP contribution in [0, 0.1) is 5.92 Å². The SMILES string of the molecule is FC(F)(F)c1ccc(C(c2ccccc2)C2CCNCC2)cc1. The number of hydrogen-bond acceptors (Lipinski definition) is 1. The average molecular weight is 319 g/mol. The largest absolute Gasteiger partial charge is 0.416 e. The fourth-order valence-corrected chi connectivity index (χ4v) is 3.45. The van der Waals surface area contributed by atoms with E-state index in [0.29, 0.717) is 5.92 Å². The highest BCUT2D eigenvalue weighted by molar-refractivity contribution is 5.35. The molecule has 0 bridgehead atoms. The van der Waals surface area contributed by atoms with Gasteiger partial charge < -0.3 is 5.32 Å². The van der Waals surface area contributed by atoms with Crippen LogP contribution in [-0.2, 0) is 6.18 Å². The lowest BCUT2D eigenvalue weighted by atomic mass is 9.76. The van der Waals surface area contributed by atoms with E-state index >= 15 is 0 Å². The highest BCUT2D eigenvalue weighted by Gasteiger charge is 2.31. The third-order valence-corrected chi connectivity index (χ3v) is 4.61. The molecule has 1 N–H and O–H groups in total. The number of alkyl halides is 3. The first kappa shape index (κ1) is 16.1. The Morgan fingerprint density at radius 2 is 1.39 bits per heavy atom. The van der Waals surface area contributed by atoms with Crippen molar-refractivity contribution in [2.24, 2.45) is 5.92 Å². The molecule has 0 aliphatic carbocycles.